The number of nitrogens with one attached hydrogen (secondary N) is 1. The summed E-state index contributed by atoms with van der Waals surface area (Å²) in [6, 6.07) is 0.436. The molecule has 0 aromatic rings. The predicted octanol–water partition coefficient (Wildman–Crippen LogP) is 2.41. The minimum Gasteiger partial charge on any atom is -0.383 e. The van der Waals surface area contributed by atoms with Crippen LogP contribution in [0.1, 0.15) is 32.6 Å². The first-order chi connectivity index (χ1) is 6.74. The molecule has 1 N–H and O–H groups in total. The molecule has 0 aliphatic heterocycles. The van der Waals surface area contributed by atoms with Crippen LogP contribution < -0.4 is 5.32 Å². The first kappa shape index (κ1) is 12.3. The van der Waals surface area contributed by atoms with Gasteiger partial charge in [-0.15, -0.1) is 11.6 Å². The number of ether oxygens (including phenoxy) is 1. The van der Waals surface area contributed by atoms with Gasteiger partial charge in [0, 0.05) is 18.5 Å². The summed E-state index contributed by atoms with van der Waals surface area (Å²) in [5, 5.41) is 3.85. The van der Waals surface area contributed by atoms with Crippen molar-refractivity contribution in [2.45, 2.75) is 44.0 Å². The highest BCUT2D eigenvalue weighted by molar-refractivity contribution is 6.20. The monoisotopic (exact) mass is 219 g/mol. The molecule has 14 heavy (non-hydrogen) atoms. The zero-order valence-corrected chi connectivity index (χ0v) is 10.0. The second kappa shape index (κ2) is 6.65. The molecule has 1 rings (SSSR count). The van der Waals surface area contributed by atoms with Crippen LogP contribution in [0.4, 0.5) is 0 Å². The molecule has 84 valence electrons. The third-order valence-electron chi connectivity index (χ3n) is 2.96. The van der Waals surface area contributed by atoms with Crippen LogP contribution in [-0.2, 0) is 4.74 Å². The van der Waals surface area contributed by atoms with Crippen molar-refractivity contribution in [1.29, 1.82) is 0 Å². The zero-order chi connectivity index (χ0) is 10.4. The Bertz CT molecular complexity index is 154. The second-order valence-corrected chi connectivity index (χ2v) is 4.89. The van der Waals surface area contributed by atoms with Crippen molar-refractivity contribution < 1.29 is 4.74 Å². The van der Waals surface area contributed by atoms with Crippen LogP contribution in [0.15, 0.2) is 0 Å². The zero-order valence-electron chi connectivity index (χ0n) is 9.26. The van der Waals surface area contributed by atoms with E-state index in [4.69, 9.17) is 16.3 Å². The molecule has 2 nitrogen and oxygen atoms in total. The van der Waals surface area contributed by atoms with Crippen molar-refractivity contribution >= 4 is 11.6 Å². The standard InChI is InChI=1S/C11H22ClNO/c1-9(8-14-2)13-7-10-5-3-4-6-11(10)12/h9-11,13H,3-8H2,1-2H3. The van der Waals surface area contributed by atoms with Crippen molar-refractivity contribution in [2.24, 2.45) is 5.92 Å². The number of alkyl halides is 1. The van der Waals surface area contributed by atoms with Crippen LogP contribution in [0.25, 0.3) is 0 Å². The average Bonchev–Trinajstić information content (AvgIpc) is 2.17. The van der Waals surface area contributed by atoms with Gasteiger partial charge in [-0.25, -0.2) is 0 Å². The van der Waals surface area contributed by atoms with Gasteiger partial charge in [-0.3, -0.25) is 0 Å². The molecule has 0 bridgehead atoms. The normalized spacial score (nSPS) is 30.2. The van der Waals surface area contributed by atoms with Crippen molar-refractivity contribution in [3.8, 4) is 0 Å². The van der Waals surface area contributed by atoms with Gasteiger partial charge in [0.25, 0.3) is 0 Å². The van der Waals surface area contributed by atoms with Crippen molar-refractivity contribution in [3.63, 3.8) is 0 Å². The SMILES string of the molecule is COCC(C)NCC1CCCCC1Cl. The Kier molecular flexibility index (Phi) is 5.83. The van der Waals surface area contributed by atoms with E-state index in [2.05, 4.69) is 12.2 Å². The lowest BCUT2D eigenvalue weighted by atomic mass is 9.88. The van der Waals surface area contributed by atoms with Crippen LogP contribution in [0.2, 0.25) is 0 Å². The van der Waals surface area contributed by atoms with Crippen LogP contribution in [0.5, 0.6) is 0 Å². The van der Waals surface area contributed by atoms with Gasteiger partial charge >= 0.3 is 0 Å². The van der Waals surface area contributed by atoms with Crippen molar-refractivity contribution in [2.75, 3.05) is 20.3 Å². The summed E-state index contributed by atoms with van der Waals surface area (Å²) in [4.78, 5) is 0. The molecule has 3 heteroatoms. The predicted molar refractivity (Wildman–Crippen MR) is 60.9 cm³/mol. The van der Waals surface area contributed by atoms with Crippen molar-refractivity contribution in [3.05, 3.63) is 0 Å². The minimum absolute atomic E-state index is 0.381. The van der Waals surface area contributed by atoms with Gasteiger partial charge in [0.2, 0.25) is 0 Å². The molecule has 3 atom stereocenters. The van der Waals surface area contributed by atoms with Gasteiger partial charge in [0.05, 0.1) is 6.61 Å². The van der Waals surface area contributed by atoms with Crippen LogP contribution in [0, 0.1) is 5.92 Å². The number of rotatable bonds is 5. The molecular weight excluding hydrogens is 198 g/mol. The fourth-order valence-electron chi connectivity index (χ4n) is 2.05. The van der Waals surface area contributed by atoms with Crippen LogP contribution in [0.3, 0.4) is 0 Å². The Morgan fingerprint density at radius 1 is 1.43 bits per heavy atom. The van der Waals surface area contributed by atoms with Gasteiger partial charge in [-0.2, -0.15) is 0 Å². The lowest BCUT2D eigenvalue weighted by Crippen LogP contribution is -2.37. The second-order valence-electron chi connectivity index (χ2n) is 4.33. The molecule has 0 spiro atoms. The van der Waals surface area contributed by atoms with E-state index in [0.717, 1.165) is 13.2 Å². The van der Waals surface area contributed by atoms with Gasteiger partial charge in [-0.1, -0.05) is 12.8 Å². The molecule has 0 saturated heterocycles. The third-order valence-corrected chi connectivity index (χ3v) is 3.54. The Labute approximate surface area is 92.3 Å². The smallest absolute Gasteiger partial charge is 0.0613 e. The molecule has 3 unspecified atom stereocenters. The van der Waals surface area contributed by atoms with E-state index in [9.17, 15) is 0 Å². The maximum Gasteiger partial charge on any atom is 0.0613 e. The maximum atomic E-state index is 6.27. The summed E-state index contributed by atoms with van der Waals surface area (Å²) < 4.78 is 5.07. The Morgan fingerprint density at radius 3 is 2.79 bits per heavy atom. The average molecular weight is 220 g/mol. The van der Waals surface area contributed by atoms with E-state index in [1.54, 1.807) is 7.11 Å². The molecule has 0 amide bonds. The first-order valence-electron chi connectivity index (χ1n) is 5.60. The van der Waals surface area contributed by atoms with E-state index in [0.29, 0.717) is 17.3 Å². The lowest BCUT2D eigenvalue weighted by molar-refractivity contribution is 0.168. The lowest BCUT2D eigenvalue weighted by Gasteiger charge is -2.28. The fraction of sp³-hybridized carbons (Fsp3) is 1.00. The molecule has 1 aliphatic carbocycles. The molecular formula is C11H22ClNO. The summed E-state index contributed by atoms with van der Waals surface area (Å²) in [5.41, 5.74) is 0. The van der Waals surface area contributed by atoms with E-state index >= 15 is 0 Å². The number of hydrogen-bond acceptors (Lipinski definition) is 2. The van der Waals surface area contributed by atoms with E-state index in [1.165, 1.54) is 25.7 Å². The molecule has 1 fully saturated rings. The number of hydrogen-bond donors (Lipinski definition) is 1. The summed E-state index contributed by atoms with van der Waals surface area (Å²) >= 11 is 6.27. The first-order valence-corrected chi connectivity index (χ1v) is 6.04. The largest absolute Gasteiger partial charge is 0.383 e. The summed E-state index contributed by atoms with van der Waals surface area (Å²) in [7, 11) is 1.74. The number of halogens is 1. The quantitative estimate of drug-likeness (QED) is 0.718. The molecule has 0 heterocycles. The molecule has 0 aromatic heterocycles. The number of methoxy groups -OCH3 is 1. The topological polar surface area (TPSA) is 21.3 Å². The third kappa shape index (κ3) is 4.16. The van der Waals surface area contributed by atoms with Crippen LogP contribution >= 0.6 is 11.6 Å². The summed E-state index contributed by atoms with van der Waals surface area (Å²) in [6.45, 7) is 3.97. The van der Waals surface area contributed by atoms with Crippen LogP contribution in [-0.4, -0.2) is 31.7 Å². The highest BCUT2D eigenvalue weighted by atomic mass is 35.5. The van der Waals surface area contributed by atoms with Gasteiger partial charge in [0.15, 0.2) is 0 Å². The molecule has 0 aromatic carbocycles. The highest BCUT2D eigenvalue weighted by Gasteiger charge is 2.22. The minimum atomic E-state index is 0.381. The molecule has 1 saturated carbocycles. The Balaban J connectivity index is 2.15. The summed E-state index contributed by atoms with van der Waals surface area (Å²) in [6.07, 6.45) is 5.11. The van der Waals surface area contributed by atoms with E-state index in [-0.39, 0.29) is 0 Å². The summed E-state index contributed by atoms with van der Waals surface area (Å²) in [5.74, 6) is 0.657. The highest BCUT2D eigenvalue weighted by Crippen LogP contribution is 2.27. The van der Waals surface area contributed by atoms with Gasteiger partial charge in [-0.05, 0) is 32.2 Å². The maximum absolute atomic E-state index is 6.27. The van der Waals surface area contributed by atoms with Crippen molar-refractivity contribution in [1.82, 2.24) is 5.32 Å². The Hall–Kier alpha value is 0.210. The molecule has 0 radical (unpaired) electrons. The molecule has 1 aliphatic rings. The Morgan fingerprint density at radius 2 is 2.14 bits per heavy atom. The van der Waals surface area contributed by atoms with E-state index < -0.39 is 0 Å². The van der Waals surface area contributed by atoms with Gasteiger partial charge in [0.1, 0.15) is 0 Å². The fourth-order valence-corrected chi connectivity index (χ4v) is 2.42. The van der Waals surface area contributed by atoms with E-state index in [1.807, 2.05) is 0 Å². The van der Waals surface area contributed by atoms with Gasteiger partial charge < -0.3 is 10.1 Å².